The number of benzene rings is 5. The molecule has 0 amide bonds. The lowest BCUT2D eigenvalue weighted by Crippen LogP contribution is -2.07. The second-order valence-electron chi connectivity index (χ2n) is 10.2. The highest BCUT2D eigenvalue weighted by Crippen LogP contribution is 2.28. The van der Waals surface area contributed by atoms with Crippen LogP contribution in [0.4, 0.5) is 0 Å². The van der Waals surface area contributed by atoms with Crippen LogP contribution in [0.1, 0.15) is 0 Å². The highest BCUT2D eigenvalue weighted by molar-refractivity contribution is 7.91. The van der Waals surface area contributed by atoms with Gasteiger partial charge in [0.25, 0.3) is 0 Å². The van der Waals surface area contributed by atoms with Crippen molar-refractivity contribution in [3.8, 4) is 22.9 Å². The van der Waals surface area contributed by atoms with E-state index >= 15 is 0 Å². The summed E-state index contributed by atoms with van der Waals surface area (Å²) in [6.07, 6.45) is 0. The normalized spacial score (nSPS) is 12.0. The number of sulfone groups is 2. The first kappa shape index (κ1) is 29.0. The fourth-order valence-corrected chi connectivity index (χ4v) is 7.53. The van der Waals surface area contributed by atoms with Crippen molar-refractivity contribution in [1.29, 1.82) is 0 Å². The van der Waals surface area contributed by atoms with Gasteiger partial charge in [0.15, 0.2) is 0 Å². The van der Waals surface area contributed by atoms with E-state index in [9.17, 15) is 26.4 Å². The Morgan fingerprint density at radius 3 is 1.17 bits per heavy atom. The van der Waals surface area contributed by atoms with E-state index in [0.717, 1.165) is 0 Å². The molecule has 2 heterocycles. The second-order valence-corrected chi connectivity index (χ2v) is 14.1. The molecule has 0 unspecified atom stereocenters. The lowest BCUT2D eigenvalue weighted by atomic mass is 10.1. The number of rotatable bonds is 6. The summed E-state index contributed by atoms with van der Waals surface area (Å²) in [4.78, 5) is 34.7. The molecule has 0 spiro atoms. The van der Waals surface area contributed by atoms with E-state index in [0.29, 0.717) is 11.1 Å². The first-order chi connectivity index (χ1) is 22.1. The molecule has 0 saturated carbocycles. The zero-order valence-corrected chi connectivity index (χ0v) is 25.2. The lowest BCUT2D eigenvalue weighted by Gasteiger charge is -2.07. The minimum absolute atomic E-state index is 0.00259. The molecule has 226 valence electrons. The lowest BCUT2D eigenvalue weighted by molar-refractivity contribution is 0.516. The van der Waals surface area contributed by atoms with Crippen molar-refractivity contribution in [3.63, 3.8) is 0 Å². The zero-order chi connectivity index (χ0) is 32.1. The summed E-state index contributed by atoms with van der Waals surface area (Å²) < 4.78 is 63.0. The van der Waals surface area contributed by atoms with Gasteiger partial charge in [0.2, 0.25) is 31.5 Å². The van der Waals surface area contributed by atoms with Gasteiger partial charge in [-0.1, -0.05) is 36.4 Å². The summed E-state index contributed by atoms with van der Waals surface area (Å²) in [6.45, 7) is 0. The third kappa shape index (κ3) is 5.09. The van der Waals surface area contributed by atoms with Crippen molar-refractivity contribution < 1.29 is 25.7 Å². The van der Waals surface area contributed by atoms with Gasteiger partial charge in [0.05, 0.1) is 41.4 Å². The van der Waals surface area contributed by atoms with Crippen molar-refractivity contribution in [2.75, 3.05) is 0 Å². The van der Waals surface area contributed by atoms with Crippen LogP contribution in [-0.4, -0.2) is 26.8 Å². The minimum atomic E-state index is -3.85. The molecule has 46 heavy (non-hydrogen) atoms. The molecule has 0 saturated heterocycles. The number of nitrogens with zero attached hydrogens (tertiary/aromatic N) is 2. The number of hydrogen-bond donors (Lipinski definition) is 0. The summed E-state index contributed by atoms with van der Waals surface area (Å²) >= 11 is 0. The van der Waals surface area contributed by atoms with Crippen LogP contribution in [-0.2, 0) is 19.7 Å². The molecule has 0 bridgehead atoms. The molecule has 2 aromatic heterocycles. The Labute approximate surface area is 261 Å². The van der Waals surface area contributed by atoms with E-state index in [1.807, 2.05) is 0 Å². The summed E-state index contributed by atoms with van der Waals surface area (Å²) in [5.74, 6) is 0.00518. The largest absolute Gasteiger partial charge is 0.403 e. The van der Waals surface area contributed by atoms with Crippen LogP contribution in [0.5, 0.6) is 0 Å². The quantitative estimate of drug-likeness (QED) is 0.220. The van der Waals surface area contributed by atoms with Crippen LogP contribution in [0, 0.1) is 0 Å². The van der Waals surface area contributed by atoms with Gasteiger partial charge in [-0.15, -0.1) is 0 Å². The van der Waals surface area contributed by atoms with Gasteiger partial charge in [-0.25, -0.2) is 36.4 Å². The molecule has 0 radical (unpaired) electrons. The Kier molecular flexibility index (Phi) is 6.95. The molecule has 10 nitrogen and oxygen atoms in total. The molecule has 0 aliphatic heterocycles. The standard InChI is InChI=1S/C34H20N2O8S2/c37-33-27-19-25(45(39,40)23-7-3-1-4-8-23)15-17-29(27)35-31(43-33)21-11-13-22(14-12-21)32-36-30-18-16-26(20-28(30)34(38)44-32)46(41,42)24-9-5-2-6-10-24/h1-20H. The molecule has 0 aliphatic rings. The average Bonchev–Trinajstić information content (AvgIpc) is 3.08. The monoisotopic (exact) mass is 648 g/mol. The first-order valence-electron chi connectivity index (χ1n) is 13.7. The van der Waals surface area contributed by atoms with E-state index in [-0.39, 0.29) is 53.2 Å². The fraction of sp³-hybridized carbons (Fsp3) is 0. The van der Waals surface area contributed by atoms with Crippen LogP contribution in [0.15, 0.2) is 159 Å². The molecule has 0 aliphatic carbocycles. The maximum absolute atomic E-state index is 13.0. The number of hydrogen-bond acceptors (Lipinski definition) is 10. The maximum Gasteiger partial charge on any atom is 0.347 e. The van der Waals surface area contributed by atoms with Gasteiger partial charge < -0.3 is 8.83 Å². The summed E-state index contributed by atoms with van der Waals surface area (Å²) in [5, 5.41) is 0.0264. The van der Waals surface area contributed by atoms with Gasteiger partial charge in [0.1, 0.15) is 0 Å². The third-order valence-electron chi connectivity index (χ3n) is 7.31. The smallest absolute Gasteiger partial charge is 0.347 e. The molecule has 7 rings (SSSR count). The molecule has 0 N–H and O–H groups in total. The molecule has 0 fully saturated rings. The summed E-state index contributed by atoms with van der Waals surface area (Å²) in [5.41, 5.74) is -0.156. The van der Waals surface area contributed by atoms with Crippen LogP contribution < -0.4 is 11.3 Å². The number of fused-ring (bicyclic) bond motifs is 2. The van der Waals surface area contributed by atoms with E-state index in [4.69, 9.17) is 8.83 Å². The SMILES string of the molecule is O=c1oc(-c2ccc(-c3nc4ccc(S(=O)(=O)c5ccccc5)cc4c(=O)o3)cc2)nc2ccc(S(=O)(=O)c3ccccc3)cc12. The molecule has 12 heteroatoms. The van der Waals surface area contributed by atoms with Crippen molar-refractivity contribution in [1.82, 2.24) is 9.97 Å². The average molecular weight is 649 g/mol. The van der Waals surface area contributed by atoms with E-state index in [1.165, 1.54) is 60.7 Å². The van der Waals surface area contributed by atoms with Gasteiger partial charge in [0, 0.05) is 11.1 Å². The Balaban J connectivity index is 1.19. The summed E-state index contributed by atoms with van der Waals surface area (Å²) in [6, 6.07) is 30.3. The highest BCUT2D eigenvalue weighted by atomic mass is 32.2. The molecular formula is C34H20N2O8S2. The van der Waals surface area contributed by atoms with Crippen LogP contribution in [0.2, 0.25) is 0 Å². The Bertz CT molecular complexity index is 2450. The summed E-state index contributed by atoms with van der Waals surface area (Å²) in [7, 11) is -7.70. The first-order valence-corrected chi connectivity index (χ1v) is 16.7. The van der Waals surface area contributed by atoms with Crippen LogP contribution >= 0.6 is 0 Å². The molecule has 7 aromatic rings. The van der Waals surface area contributed by atoms with E-state index in [1.54, 1.807) is 60.7 Å². The van der Waals surface area contributed by atoms with Crippen LogP contribution in [0.25, 0.3) is 44.7 Å². The maximum atomic E-state index is 13.0. The Hall–Kier alpha value is -5.72. The molecule has 5 aromatic carbocycles. The van der Waals surface area contributed by atoms with Gasteiger partial charge in [-0.3, -0.25) is 0 Å². The fourth-order valence-electron chi connectivity index (χ4n) is 4.91. The third-order valence-corrected chi connectivity index (χ3v) is 10.8. The van der Waals surface area contributed by atoms with Crippen molar-refractivity contribution >= 4 is 41.5 Å². The highest BCUT2D eigenvalue weighted by Gasteiger charge is 2.21. The Morgan fingerprint density at radius 1 is 0.435 bits per heavy atom. The molecular weight excluding hydrogens is 629 g/mol. The second kappa shape index (κ2) is 11.0. The van der Waals surface area contributed by atoms with Gasteiger partial charge in [-0.2, -0.15) is 0 Å². The van der Waals surface area contributed by atoms with Crippen LogP contribution in [0.3, 0.4) is 0 Å². The van der Waals surface area contributed by atoms with Gasteiger partial charge >= 0.3 is 11.3 Å². The van der Waals surface area contributed by atoms with Gasteiger partial charge in [-0.05, 0) is 84.9 Å². The van der Waals surface area contributed by atoms with Crippen molar-refractivity contribution in [3.05, 3.63) is 142 Å². The topological polar surface area (TPSA) is 154 Å². The molecule has 0 atom stereocenters. The van der Waals surface area contributed by atoms with E-state index in [2.05, 4.69) is 9.97 Å². The van der Waals surface area contributed by atoms with Crippen molar-refractivity contribution in [2.24, 2.45) is 0 Å². The van der Waals surface area contributed by atoms with Crippen molar-refractivity contribution in [2.45, 2.75) is 19.6 Å². The zero-order valence-electron chi connectivity index (χ0n) is 23.5. The predicted octanol–water partition coefficient (Wildman–Crippen LogP) is 5.69. The number of aromatic nitrogens is 2. The Morgan fingerprint density at radius 2 is 0.804 bits per heavy atom. The van der Waals surface area contributed by atoms with E-state index < -0.39 is 30.9 Å². The predicted molar refractivity (Wildman–Crippen MR) is 169 cm³/mol. The minimum Gasteiger partial charge on any atom is -0.403 e.